The average Bonchev–Trinajstić information content (AvgIpc) is 3.07. The number of hydrogen-bond donors (Lipinski definition) is 1. The molecule has 0 bridgehead atoms. The minimum absolute atomic E-state index is 0.894. The van der Waals surface area contributed by atoms with Gasteiger partial charge in [-0.2, -0.15) is 0 Å². The van der Waals surface area contributed by atoms with Crippen molar-refractivity contribution >= 4 is 0 Å². The third-order valence-corrected chi connectivity index (χ3v) is 3.62. The molecule has 0 heterocycles. The molecule has 2 saturated carbocycles. The van der Waals surface area contributed by atoms with Crippen LogP contribution < -0.4 is 5.32 Å². The number of rotatable bonds is 9. The molecule has 0 amide bonds. The maximum Gasteiger partial charge on any atom is 0.00933 e. The molecule has 15 heavy (non-hydrogen) atoms. The van der Waals surface area contributed by atoms with E-state index in [-0.39, 0.29) is 0 Å². The highest BCUT2D eigenvalue weighted by atomic mass is 15.1. The normalized spacial score (nSPS) is 21.2. The predicted octanol–water partition coefficient (Wildman–Crippen LogP) is 2.39. The molecule has 2 fully saturated rings. The second-order valence-electron chi connectivity index (χ2n) is 5.35. The Kier molecular flexibility index (Phi) is 4.45. The average molecular weight is 210 g/mol. The van der Waals surface area contributed by atoms with Gasteiger partial charge in [-0.3, -0.25) is 0 Å². The van der Waals surface area contributed by atoms with Crippen LogP contribution in [0.15, 0.2) is 0 Å². The van der Waals surface area contributed by atoms with E-state index in [1.54, 1.807) is 0 Å². The number of nitrogens with zero attached hydrogens (tertiary/aromatic N) is 1. The van der Waals surface area contributed by atoms with Crippen LogP contribution in [0.5, 0.6) is 0 Å². The molecular weight excluding hydrogens is 184 g/mol. The molecule has 2 aliphatic carbocycles. The van der Waals surface area contributed by atoms with Crippen LogP contribution in [0.3, 0.4) is 0 Å². The molecule has 0 spiro atoms. The van der Waals surface area contributed by atoms with Gasteiger partial charge in [-0.15, -0.1) is 0 Å². The molecule has 2 rings (SSSR count). The standard InChI is InChI=1S/C13H26N2/c1-15(13-8-9-13)11-5-3-2-4-10-14-12-6-7-12/h12-14H,2-11H2,1H3. The van der Waals surface area contributed by atoms with E-state index in [9.17, 15) is 0 Å². The van der Waals surface area contributed by atoms with Crippen molar-refractivity contribution in [3.05, 3.63) is 0 Å². The molecule has 0 aliphatic heterocycles. The van der Waals surface area contributed by atoms with Crippen molar-refractivity contribution < 1.29 is 0 Å². The molecule has 2 aliphatic rings. The fourth-order valence-corrected chi connectivity index (χ4v) is 2.13. The van der Waals surface area contributed by atoms with Gasteiger partial charge in [0.25, 0.3) is 0 Å². The van der Waals surface area contributed by atoms with Crippen molar-refractivity contribution in [3.63, 3.8) is 0 Å². The van der Waals surface area contributed by atoms with Crippen LogP contribution in [0.1, 0.15) is 51.4 Å². The van der Waals surface area contributed by atoms with Gasteiger partial charge in [0.05, 0.1) is 0 Å². The second kappa shape index (κ2) is 5.86. The fourth-order valence-electron chi connectivity index (χ4n) is 2.13. The molecule has 88 valence electrons. The summed E-state index contributed by atoms with van der Waals surface area (Å²) in [6.07, 6.45) is 11.4. The highest BCUT2D eigenvalue weighted by Gasteiger charge is 2.25. The summed E-state index contributed by atoms with van der Waals surface area (Å²) >= 11 is 0. The second-order valence-corrected chi connectivity index (χ2v) is 5.35. The van der Waals surface area contributed by atoms with E-state index < -0.39 is 0 Å². The van der Waals surface area contributed by atoms with E-state index in [1.165, 1.54) is 64.5 Å². The monoisotopic (exact) mass is 210 g/mol. The van der Waals surface area contributed by atoms with Gasteiger partial charge in [-0.25, -0.2) is 0 Å². The summed E-state index contributed by atoms with van der Waals surface area (Å²) < 4.78 is 0. The first-order valence-electron chi connectivity index (χ1n) is 6.80. The van der Waals surface area contributed by atoms with E-state index in [0.29, 0.717) is 0 Å². The summed E-state index contributed by atoms with van der Waals surface area (Å²) in [7, 11) is 2.28. The number of nitrogens with one attached hydrogen (secondary N) is 1. The zero-order valence-electron chi connectivity index (χ0n) is 10.2. The molecule has 1 N–H and O–H groups in total. The Morgan fingerprint density at radius 2 is 1.73 bits per heavy atom. The van der Waals surface area contributed by atoms with E-state index in [4.69, 9.17) is 0 Å². The van der Waals surface area contributed by atoms with Gasteiger partial charge in [0.15, 0.2) is 0 Å². The number of hydrogen-bond acceptors (Lipinski definition) is 2. The molecule has 0 radical (unpaired) electrons. The van der Waals surface area contributed by atoms with Crippen molar-refractivity contribution in [3.8, 4) is 0 Å². The van der Waals surface area contributed by atoms with Gasteiger partial charge in [0, 0.05) is 12.1 Å². The topological polar surface area (TPSA) is 15.3 Å². The summed E-state index contributed by atoms with van der Waals surface area (Å²) in [6, 6.07) is 1.84. The highest BCUT2D eigenvalue weighted by Crippen LogP contribution is 2.25. The molecular formula is C13H26N2. The maximum absolute atomic E-state index is 3.57. The quantitative estimate of drug-likeness (QED) is 0.588. The van der Waals surface area contributed by atoms with Gasteiger partial charge in [0.2, 0.25) is 0 Å². The number of unbranched alkanes of at least 4 members (excludes halogenated alkanes) is 3. The highest BCUT2D eigenvalue weighted by molar-refractivity contribution is 4.82. The summed E-state index contributed by atoms with van der Waals surface area (Å²) in [5.74, 6) is 0. The minimum atomic E-state index is 0.894. The molecule has 2 nitrogen and oxygen atoms in total. The molecule has 0 aromatic rings. The Balaban J connectivity index is 1.31. The van der Waals surface area contributed by atoms with Crippen LogP contribution in [0.25, 0.3) is 0 Å². The Morgan fingerprint density at radius 3 is 2.40 bits per heavy atom. The largest absolute Gasteiger partial charge is 0.314 e. The Bertz CT molecular complexity index is 173. The van der Waals surface area contributed by atoms with Crippen LogP contribution >= 0.6 is 0 Å². The SMILES string of the molecule is CN(CCCCCCNC1CC1)C1CC1. The zero-order valence-corrected chi connectivity index (χ0v) is 10.2. The first-order valence-corrected chi connectivity index (χ1v) is 6.80. The molecule has 0 atom stereocenters. The Labute approximate surface area is 94.4 Å². The predicted molar refractivity (Wildman–Crippen MR) is 65.1 cm³/mol. The van der Waals surface area contributed by atoms with Crippen LogP contribution in [-0.2, 0) is 0 Å². The summed E-state index contributed by atoms with van der Waals surface area (Å²) in [6.45, 7) is 2.57. The molecule has 0 aromatic carbocycles. The lowest BCUT2D eigenvalue weighted by atomic mass is 10.2. The van der Waals surface area contributed by atoms with E-state index in [0.717, 1.165) is 12.1 Å². The Morgan fingerprint density at radius 1 is 1.00 bits per heavy atom. The van der Waals surface area contributed by atoms with Gasteiger partial charge >= 0.3 is 0 Å². The first-order chi connectivity index (χ1) is 7.36. The van der Waals surface area contributed by atoms with Crippen molar-refractivity contribution in [1.29, 1.82) is 0 Å². The maximum atomic E-state index is 3.57. The lowest BCUT2D eigenvalue weighted by Crippen LogP contribution is -2.21. The first kappa shape index (κ1) is 11.4. The van der Waals surface area contributed by atoms with Crippen molar-refractivity contribution in [2.45, 2.75) is 63.5 Å². The third-order valence-electron chi connectivity index (χ3n) is 3.62. The molecule has 2 heteroatoms. The van der Waals surface area contributed by atoms with Crippen LogP contribution in [0, 0.1) is 0 Å². The minimum Gasteiger partial charge on any atom is -0.314 e. The third kappa shape index (κ3) is 4.98. The van der Waals surface area contributed by atoms with Gasteiger partial charge in [0.1, 0.15) is 0 Å². The Hall–Kier alpha value is -0.0800. The van der Waals surface area contributed by atoms with E-state index >= 15 is 0 Å². The van der Waals surface area contributed by atoms with Gasteiger partial charge < -0.3 is 10.2 Å². The lowest BCUT2D eigenvalue weighted by Gasteiger charge is -2.14. The lowest BCUT2D eigenvalue weighted by molar-refractivity contribution is 0.314. The van der Waals surface area contributed by atoms with Crippen molar-refractivity contribution in [2.75, 3.05) is 20.1 Å². The van der Waals surface area contributed by atoms with Crippen LogP contribution in [0.2, 0.25) is 0 Å². The van der Waals surface area contributed by atoms with Crippen LogP contribution in [0.4, 0.5) is 0 Å². The summed E-state index contributed by atoms with van der Waals surface area (Å²) in [5, 5.41) is 3.57. The van der Waals surface area contributed by atoms with Gasteiger partial charge in [-0.1, -0.05) is 12.8 Å². The van der Waals surface area contributed by atoms with Gasteiger partial charge in [-0.05, 0) is 58.7 Å². The van der Waals surface area contributed by atoms with E-state index in [1.807, 2.05) is 0 Å². The molecule has 0 saturated heterocycles. The molecule has 0 unspecified atom stereocenters. The fraction of sp³-hybridized carbons (Fsp3) is 1.00. The van der Waals surface area contributed by atoms with Crippen molar-refractivity contribution in [1.82, 2.24) is 10.2 Å². The van der Waals surface area contributed by atoms with E-state index in [2.05, 4.69) is 17.3 Å². The van der Waals surface area contributed by atoms with Crippen LogP contribution in [-0.4, -0.2) is 37.1 Å². The summed E-state index contributed by atoms with van der Waals surface area (Å²) in [5.41, 5.74) is 0. The zero-order chi connectivity index (χ0) is 10.5. The van der Waals surface area contributed by atoms with Crippen molar-refractivity contribution in [2.24, 2.45) is 0 Å². The smallest absolute Gasteiger partial charge is 0.00933 e. The molecule has 0 aromatic heterocycles. The summed E-state index contributed by atoms with van der Waals surface area (Å²) in [4.78, 5) is 2.54.